The molecule has 0 aromatic heterocycles. The molecule has 1 fully saturated rings. The third kappa shape index (κ3) is 2.98. The predicted octanol–water partition coefficient (Wildman–Crippen LogP) is 2.96. The highest BCUT2D eigenvalue weighted by atomic mass is 79.9. The van der Waals surface area contributed by atoms with E-state index in [4.69, 9.17) is 0 Å². The topological polar surface area (TPSA) is 40.5 Å². The summed E-state index contributed by atoms with van der Waals surface area (Å²) in [6.45, 7) is 0. The summed E-state index contributed by atoms with van der Waals surface area (Å²) in [6.07, 6.45) is 2.91. The van der Waals surface area contributed by atoms with Gasteiger partial charge in [-0.25, -0.2) is 4.39 Å². The van der Waals surface area contributed by atoms with E-state index in [1.165, 1.54) is 11.0 Å². The van der Waals surface area contributed by atoms with Gasteiger partial charge in [0.05, 0.1) is 22.2 Å². The highest BCUT2D eigenvalue weighted by molar-refractivity contribution is 9.10. The molecule has 19 heavy (non-hydrogen) atoms. The summed E-state index contributed by atoms with van der Waals surface area (Å²) in [7, 11) is 1.63. The van der Waals surface area contributed by atoms with Crippen LogP contribution in [-0.4, -0.2) is 35.1 Å². The van der Waals surface area contributed by atoms with Crippen LogP contribution in [0.25, 0.3) is 0 Å². The number of benzene rings is 1. The van der Waals surface area contributed by atoms with E-state index in [2.05, 4.69) is 15.9 Å². The van der Waals surface area contributed by atoms with Crippen LogP contribution < -0.4 is 0 Å². The third-order valence-corrected chi connectivity index (χ3v) is 4.31. The second kappa shape index (κ2) is 6.01. The van der Waals surface area contributed by atoms with Crippen molar-refractivity contribution in [1.82, 2.24) is 4.90 Å². The number of amides is 1. The Hall–Kier alpha value is -0.940. The van der Waals surface area contributed by atoms with Crippen LogP contribution in [0.2, 0.25) is 0 Å². The van der Waals surface area contributed by atoms with Crippen LogP contribution >= 0.6 is 15.9 Å². The third-order valence-electron chi connectivity index (χ3n) is 3.69. The highest BCUT2D eigenvalue weighted by Gasteiger charge is 2.30. The lowest BCUT2D eigenvalue weighted by molar-refractivity contribution is 0.0265. The number of rotatable bonds is 2. The first-order chi connectivity index (χ1) is 9.02. The summed E-state index contributed by atoms with van der Waals surface area (Å²) >= 11 is 3.08. The van der Waals surface area contributed by atoms with Gasteiger partial charge in [0, 0.05) is 7.05 Å². The average molecular weight is 330 g/mol. The molecule has 0 aliphatic heterocycles. The minimum absolute atomic E-state index is 0.0367. The molecule has 1 aromatic rings. The molecule has 104 valence electrons. The standard InChI is InChI=1S/C14H17BrFNO2/c1-17(11-7-2-3-8-12(11)18)14(19)9-5-4-6-10(15)13(9)16/h4-6,11-12,18H,2-3,7-8H2,1H3. The summed E-state index contributed by atoms with van der Waals surface area (Å²) in [5.74, 6) is -0.936. The van der Waals surface area contributed by atoms with E-state index in [1.807, 2.05) is 0 Å². The number of hydrogen-bond donors (Lipinski definition) is 1. The molecule has 2 unspecified atom stereocenters. The SMILES string of the molecule is CN(C(=O)c1cccc(Br)c1F)C1CCCCC1O. The Labute approximate surface area is 120 Å². The van der Waals surface area contributed by atoms with Crippen molar-refractivity contribution < 1.29 is 14.3 Å². The van der Waals surface area contributed by atoms with Crippen molar-refractivity contribution in [1.29, 1.82) is 0 Å². The van der Waals surface area contributed by atoms with Crippen LogP contribution in [0.15, 0.2) is 22.7 Å². The molecule has 1 aromatic carbocycles. The number of aliphatic hydroxyl groups excluding tert-OH is 1. The fraction of sp³-hybridized carbons (Fsp3) is 0.500. The average Bonchev–Trinajstić information content (AvgIpc) is 2.41. The molecule has 0 saturated heterocycles. The summed E-state index contributed by atoms with van der Waals surface area (Å²) in [6, 6.07) is 4.43. The molecule has 1 amide bonds. The highest BCUT2D eigenvalue weighted by Crippen LogP contribution is 2.25. The molecule has 0 heterocycles. The molecular weight excluding hydrogens is 313 g/mol. The van der Waals surface area contributed by atoms with Gasteiger partial charge in [-0.15, -0.1) is 0 Å². The molecule has 0 radical (unpaired) electrons. The number of likely N-dealkylation sites (N-methyl/N-ethyl adjacent to an activating group) is 1. The van der Waals surface area contributed by atoms with E-state index in [9.17, 15) is 14.3 Å². The lowest BCUT2D eigenvalue weighted by Gasteiger charge is -2.35. The molecule has 1 aliphatic rings. The summed E-state index contributed by atoms with van der Waals surface area (Å²) in [4.78, 5) is 13.8. The van der Waals surface area contributed by atoms with E-state index < -0.39 is 11.9 Å². The van der Waals surface area contributed by atoms with Crippen LogP contribution in [-0.2, 0) is 0 Å². The number of nitrogens with zero attached hydrogens (tertiary/aromatic N) is 1. The van der Waals surface area contributed by atoms with Gasteiger partial charge in [0.1, 0.15) is 5.82 Å². The van der Waals surface area contributed by atoms with E-state index in [1.54, 1.807) is 19.2 Å². The van der Waals surface area contributed by atoms with E-state index >= 15 is 0 Å². The van der Waals surface area contributed by atoms with Gasteiger partial charge < -0.3 is 10.0 Å². The maximum atomic E-state index is 13.9. The minimum atomic E-state index is -0.551. The molecule has 1 aliphatic carbocycles. The smallest absolute Gasteiger partial charge is 0.256 e. The Balaban J connectivity index is 2.21. The van der Waals surface area contributed by atoms with Crippen molar-refractivity contribution in [3.8, 4) is 0 Å². The van der Waals surface area contributed by atoms with Crippen LogP contribution in [0.4, 0.5) is 4.39 Å². The first kappa shape index (κ1) is 14.5. The Kier molecular flexibility index (Phi) is 4.58. The zero-order chi connectivity index (χ0) is 14.0. The second-order valence-corrected chi connectivity index (χ2v) is 5.79. The maximum Gasteiger partial charge on any atom is 0.256 e. The number of aliphatic hydroxyl groups is 1. The number of hydrogen-bond acceptors (Lipinski definition) is 2. The van der Waals surface area contributed by atoms with Gasteiger partial charge in [-0.2, -0.15) is 0 Å². The molecule has 0 bridgehead atoms. The van der Waals surface area contributed by atoms with Crippen LogP contribution in [0.5, 0.6) is 0 Å². The first-order valence-corrected chi connectivity index (χ1v) is 7.21. The summed E-state index contributed by atoms with van der Waals surface area (Å²) < 4.78 is 14.2. The fourth-order valence-electron chi connectivity index (χ4n) is 2.55. The first-order valence-electron chi connectivity index (χ1n) is 6.41. The van der Waals surface area contributed by atoms with Crippen molar-refractivity contribution in [2.45, 2.75) is 37.8 Å². The van der Waals surface area contributed by atoms with Crippen molar-refractivity contribution in [3.05, 3.63) is 34.1 Å². The predicted molar refractivity (Wildman–Crippen MR) is 74.5 cm³/mol. The lowest BCUT2D eigenvalue weighted by atomic mass is 9.91. The van der Waals surface area contributed by atoms with Gasteiger partial charge in [0.2, 0.25) is 0 Å². The molecule has 5 heteroatoms. The monoisotopic (exact) mass is 329 g/mol. The minimum Gasteiger partial charge on any atom is -0.391 e. The molecule has 0 spiro atoms. The Morgan fingerprint density at radius 3 is 2.79 bits per heavy atom. The summed E-state index contributed by atoms with van der Waals surface area (Å²) in [5, 5.41) is 9.96. The molecule has 3 nitrogen and oxygen atoms in total. The fourth-order valence-corrected chi connectivity index (χ4v) is 2.92. The van der Waals surface area contributed by atoms with Gasteiger partial charge in [0.25, 0.3) is 5.91 Å². The molecule has 1 N–H and O–H groups in total. The molecule has 1 saturated carbocycles. The van der Waals surface area contributed by atoms with Gasteiger partial charge in [-0.3, -0.25) is 4.79 Å². The quantitative estimate of drug-likeness (QED) is 0.906. The Morgan fingerprint density at radius 2 is 2.11 bits per heavy atom. The number of halogens is 2. The van der Waals surface area contributed by atoms with Gasteiger partial charge >= 0.3 is 0 Å². The largest absolute Gasteiger partial charge is 0.391 e. The molecule has 2 atom stereocenters. The van der Waals surface area contributed by atoms with Gasteiger partial charge in [-0.05, 0) is 40.9 Å². The lowest BCUT2D eigenvalue weighted by Crippen LogP contribution is -2.46. The molecular formula is C14H17BrFNO2. The van der Waals surface area contributed by atoms with Gasteiger partial charge in [0.15, 0.2) is 0 Å². The second-order valence-electron chi connectivity index (χ2n) is 4.94. The van der Waals surface area contributed by atoms with Crippen molar-refractivity contribution in [2.24, 2.45) is 0 Å². The Morgan fingerprint density at radius 1 is 1.42 bits per heavy atom. The van der Waals surface area contributed by atoms with E-state index in [0.29, 0.717) is 6.42 Å². The molecule has 2 rings (SSSR count). The van der Waals surface area contributed by atoms with Crippen LogP contribution in [0, 0.1) is 5.82 Å². The zero-order valence-corrected chi connectivity index (χ0v) is 12.4. The maximum absolute atomic E-state index is 13.9. The number of carbonyl (C=O) groups excluding carboxylic acids is 1. The zero-order valence-electron chi connectivity index (χ0n) is 10.8. The van der Waals surface area contributed by atoms with E-state index in [0.717, 1.165) is 19.3 Å². The summed E-state index contributed by atoms with van der Waals surface area (Å²) in [5.41, 5.74) is 0.0367. The normalized spacial score (nSPS) is 23.2. The Bertz CT molecular complexity index is 481. The number of carbonyl (C=O) groups is 1. The van der Waals surface area contributed by atoms with Crippen molar-refractivity contribution >= 4 is 21.8 Å². The van der Waals surface area contributed by atoms with Crippen LogP contribution in [0.1, 0.15) is 36.0 Å². The van der Waals surface area contributed by atoms with E-state index in [-0.39, 0.29) is 22.0 Å². The van der Waals surface area contributed by atoms with Crippen molar-refractivity contribution in [2.75, 3.05) is 7.05 Å². The van der Waals surface area contributed by atoms with Gasteiger partial charge in [-0.1, -0.05) is 18.9 Å². The van der Waals surface area contributed by atoms with Crippen LogP contribution in [0.3, 0.4) is 0 Å². The van der Waals surface area contributed by atoms with Crippen molar-refractivity contribution in [3.63, 3.8) is 0 Å².